The standard InChI is InChI=1S/C13H22N4/c1-16-12(2-6-15-16)10-17-9-5-13(11-17)3-7-14-8-4-13/h2,6,14H,3-5,7-11H2,1H3. The lowest BCUT2D eigenvalue weighted by molar-refractivity contribution is 0.192. The maximum absolute atomic E-state index is 4.24. The molecule has 0 unspecified atom stereocenters. The van der Waals surface area contributed by atoms with Crippen LogP contribution >= 0.6 is 0 Å². The van der Waals surface area contributed by atoms with Crippen LogP contribution in [0.5, 0.6) is 0 Å². The van der Waals surface area contributed by atoms with Crippen LogP contribution in [-0.2, 0) is 13.6 Å². The normalized spacial score (nSPS) is 24.5. The lowest BCUT2D eigenvalue weighted by Crippen LogP contribution is -2.38. The summed E-state index contributed by atoms with van der Waals surface area (Å²) < 4.78 is 1.99. The Bertz CT molecular complexity index is 379. The fourth-order valence-electron chi connectivity index (χ4n) is 3.31. The van der Waals surface area contributed by atoms with Gasteiger partial charge in [0.15, 0.2) is 0 Å². The summed E-state index contributed by atoms with van der Waals surface area (Å²) in [5.41, 5.74) is 1.94. The Balaban J connectivity index is 1.62. The number of nitrogens with one attached hydrogen (secondary N) is 1. The molecular formula is C13H22N4. The number of aryl methyl sites for hydroxylation is 1. The molecule has 0 atom stereocenters. The summed E-state index contributed by atoms with van der Waals surface area (Å²) in [5.74, 6) is 0. The van der Waals surface area contributed by atoms with Crippen molar-refractivity contribution in [3.8, 4) is 0 Å². The predicted molar refractivity (Wildman–Crippen MR) is 67.6 cm³/mol. The van der Waals surface area contributed by atoms with E-state index in [1.807, 2.05) is 17.9 Å². The van der Waals surface area contributed by atoms with Crippen LogP contribution in [0.25, 0.3) is 0 Å². The van der Waals surface area contributed by atoms with Gasteiger partial charge in [0.2, 0.25) is 0 Å². The Morgan fingerprint density at radius 1 is 1.35 bits per heavy atom. The van der Waals surface area contributed by atoms with Crippen LogP contribution in [-0.4, -0.2) is 40.9 Å². The third kappa shape index (κ3) is 2.24. The number of rotatable bonds is 2. The highest BCUT2D eigenvalue weighted by molar-refractivity contribution is 5.02. The number of nitrogens with zero attached hydrogens (tertiary/aromatic N) is 3. The molecule has 1 aromatic heterocycles. The molecule has 17 heavy (non-hydrogen) atoms. The summed E-state index contributed by atoms with van der Waals surface area (Å²) in [5, 5.41) is 7.72. The van der Waals surface area contributed by atoms with E-state index in [1.165, 1.54) is 51.1 Å². The minimum absolute atomic E-state index is 0.615. The van der Waals surface area contributed by atoms with Crippen molar-refractivity contribution in [3.63, 3.8) is 0 Å². The molecule has 94 valence electrons. The maximum atomic E-state index is 4.24. The highest BCUT2D eigenvalue weighted by Gasteiger charge is 2.38. The smallest absolute Gasteiger partial charge is 0.0521 e. The number of piperidine rings is 1. The third-order valence-corrected chi connectivity index (χ3v) is 4.49. The van der Waals surface area contributed by atoms with Crippen LogP contribution in [0.3, 0.4) is 0 Å². The fraction of sp³-hybridized carbons (Fsp3) is 0.769. The number of hydrogen-bond donors (Lipinski definition) is 1. The Morgan fingerprint density at radius 2 is 2.18 bits per heavy atom. The number of likely N-dealkylation sites (tertiary alicyclic amines) is 1. The molecule has 2 aliphatic heterocycles. The molecule has 0 aliphatic carbocycles. The highest BCUT2D eigenvalue weighted by atomic mass is 15.3. The average molecular weight is 234 g/mol. The van der Waals surface area contributed by atoms with Crippen LogP contribution in [0.4, 0.5) is 0 Å². The van der Waals surface area contributed by atoms with Crippen LogP contribution in [0.15, 0.2) is 12.3 Å². The highest BCUT2D eigenvalue weighted by Crippen LogP contribution is 2.38. The molecule has 2 saturated heterocycles. The first-order valence-corrected chi connectivity index (χ1v) is 6.67. The van der Waals surface area contributed by atoms with Crippen molar-refractivity contribution < 1.29 is 0 Å². The Kier molecular flexibility index (Phi) is 2.92. The zero-order chi connectivity index (χ0) is 11.7. The van der Waals surface area contributed by atoms with E-state index in [-0.39, 0.29) is 0 Å². The van der Waals surface area contributed by atoms with E-state index in [0.29, 0.717) is 5.41 Å². The first-order chi connectivity index (χ1) is 8.27. The van der Waals surface area contributed by atoms with Crippen LogP contribution in [0.2, 0.25) is 0 Å². The molecule has 1 aromatic rings. The summed E-state index contributed by atoms with van der Waals surface area (Å²) in [6.45, 7) is 6.01. The second-order valence-corrected chi connectivity index (χ2v) is 5.66. The van der Waals surface area contributed by atoms with Gasteiger partial charge in [-0.3, -0.25) is 9.58 Å². The molecule has 4 nitrogen and oxygen atoms in total. The molecule has 2 fully saturated rings. The monoisotopic (exact) mass is 234 g/mol. The molecule has 1 spiro atoms. The van der Waals surface area contributed by atoms with Gasteiger partial charge in [-0.05, 0) is 50.4 Å². The van der Waals surface area contributed by atoms with Crippen molar-refractivity contribution >= 4 is 0 Å². The van der Waals surface area contributed by atoms with Crippen molar-refractivity contribution in [2.24, 2.45) is 12.5 Å². The van der Waals surface area contributed by atoms with E-state index in [2.05, 4.69) is 21.4 Å². The molecule has 2 aliphatic rings. The molecule has 0 radical (unpaired) electrons. The Morgan fingerprint density at radius 3 is 2.88 bits per heavy atom. The molecule has 0 amide bonds. The maximum Gasteiger partial charge on any atom is 0.0521 e. The largest absolute Gasteiger partial charge is 0.317 e. The lowest BCUT2D eigenvalue weighted by atomic mass is 9.78. The summed E-state index contributed by atoms with van der Waals surface area (Å²) in [6.07, 6.45) is 5.99. The first-order valence-electron chi connectivity index (χ1n) is 6.67. The van der Waals surface area contributed by atoms with Crippen molar-refractivity contribution in [1.29, 1.82) is 0 Å². The molecule has 0 saturated carbocycles. The van der Waals surface area contributed by atoms with E-state index in [1.54, 1.807) is 0 Å². The van der Waals surface area contributed by atoms with Crippen molar-refractivity contribution in [2.75, 3.05) is 26.2 Å². The summed E-state index contributed by atoms with van der Waals surface area (Å²) >= 11 is 0. The average Bonchev–Trinajstić information content (AvgIpc) is 2.90. The van der Waals surface area contributed by atoms with Gasteiger partial charge in [0, 0.05) is 26.3 Å². The Hall–Kier alpha value is -0.870. The van der Waals surface area contributed by atoms with E-state index >= 15 is 0 Å². The van der Waals surface area contributed by atoms with Gasteiger partial charge >= 0.3 is 0 Å². The van der Waals surface area contributed by atoms with Gasteiger partial charge in [0.05, 0.1) is 5.69 Å². The van der Waals surface area contributed by atoms with E-state index in [0.717, 1.165) is 6.54 Å². The zero-order valence-corrected chi connectivity index (χ0v) is 10.7. The summed E-state index contributed by atoms with van der Waals surface area (Å²) in [6, 6.07) is 2.13. The number of hydrogen-bond acceptors (Lipinski definition) is 3. The van der Waals surface area contributed by atoms with E-state index in [4.69, 9.17) is 0 Å². The fourth-order valence-corrected chi connectivity index (χ4v) is 3.31. The molecule has 3 heterocycles. The minimum Gasteiger partial charge on any atom is -0.317 e. The zero-order valence-electron chi connectivity index (χ0n) is 10.7. The minimum atomic E-state index is 0.615. The van der Waals surface area contributed by atoms with Crippen molar-refractivity contribution in [2.45, 2.75) is 25.8 Å². The quantitative estimate of drug-likeness (QED) is 0.828. The molecule has 3 rings (SSSR count). The van der Waals surface area contributed by atoms with Crippen LogP contribution in [0.1, 0.15) is 25.0 Å². The number of aromatic nitrogens is 2. The first kappa shape index (κ1) is 11.2. The third-order valence-electron chi connectivity index (χ3n) is 4.49. The van der Waals surface area contributed by atoms with Gasteiger partial charge in [0.25, 0.3) is 0 Å². The second kappa shape index (κ2) is 4.42. The van der Waals surface area contributed by atoms with E-state index < -0.39 is 0 Å². The van der Waals surface area contributed by atoms with Crippen LogP contribution in [0, 0.1) is 5.41 Å². The van der Waals surface area contributed by atoms with Gasteiger partial charge in [-0.2, -0.15) is 5.10 Å². The van der Waals surface area contributed by atoms with Gasteiger partial charge in [-0.25, -0.2) is 0 Å². The van der Waals surface area contributed by atoms with Gasteiger partial charge in [-0.15, -0.1) is 0 Å². The SMILES string of the molecule is Cn1nccc1CN1CCC2(CCNCC2)C1. The predicted octanol–water partition coefficient (Wildman–Crippen LogP) is 0.996. The Labute approximate surface area is 103 Å². The summed E-state index contributed by atoms with van der Waals surface area (Å²) in [7, 11) is 2.03. The van der Waals surface area contributed by atoms with Crippen molar-refractivity contribution in [3.05, 3.63) is 18.0 Å². The van der Waals surface area contributed by atoms with Crippen molar-refractivity contribution in [1.82, 2.24) is 20.0 Å². The van der Waals surface area contributed by atoms with Gasteiger partial charge < -0.3 is 5.32 Å². The van der Waals surface area contributed by atoms with E-state index in [9.17, 15) is 0 Å². The molecule has 4 heteroatoms. The molecular weight excluding hydrogens is 212 g/mol. The topological polar surface area (TPSA) is 33.1 Å². The molecule has 0 aromatic carbocycles. The second-order valence-electron chi connectivity index (χ2n) is 5.66. The molecule has 0 bridgehead atoms. The molecule has 1 N–H and O–H groups in total. The van der Waals surface area contributed by atoms with Crippen LogP contribution < -0.4 is 5.32 Å². The van der Waals surface area contributed by atoms with Gasteiger partial charge in [0.1, 0.15) is 0 Å². The summed E-state index contributed by atoms with van der Waals surface area (Å²) in [4.78, 5) is 2.60. The lowest BCUT2D eigenvalue weighted by Gasteiger charge is -2.33. The van der Waals surface area contributed by atoms with Gasteiger partial charge in [-0.1, -0.05) is 0 Å².